The predicted molar refractivity (Wildman–Crippen MR) is 46.8 cm³/mol. The molecule has 1 aromatic carbocycles. The van der Waals surface area contributed by atoms with Crippen LogP contribution in [-0.2, 0) is 5.11 Å². The lowest BCUT2D eigenvalue weighted by molar-refractivity contribution is 0.0569. The van der Waals surface area contributed by atoms with Crippen molar-refractivity contribution in [1.29, 1.82) is 0 Å². The van der Waals surface area contributed by atoms with Crippen molar-refractivity contribution in [1.82, 2.24) is 4.98 Å². The molecule has 3 heteroatoms. The van der Waals surface area contributed by atoms with Crippen LogP contribution in [0.5, 0.6) is 0 Å². The normalized spacial score (nSPS) is 10.2. The van der Waals surface area contributed by atoms with Gasteiger partial charge in [0.2, 0.25) is 0 Å². The number of fused-ring (bicyclic) bond motifs is 1. The van der Waals surface area contributed by atoms with Crippen LogP contribution < -0.4 is 0 Å². The second kappa shape index (κ2) is 2.86. The van der Waals surface area contributed by atoms with E-state index >= 15 is 0 Å². The summed E-state index contributed by atoms with van der Waals surface area (Å²) in [7, 11) is 0. The highest BCUT2D eigenvalue weighted by Crippen LogP contribution is 2.15. The second-order valence-electron chi connectivity index (χ2n) is 2.67. The SMILES string of the molecule is [O]C(=O)c1nccc2ccccc12. The Morgan fingerprint density at radius 3 is 2.69 bits per heavy atom. The fraction of sp³-hybridized carbons (Fsp3) is 0. The molecule has 2 rings (SSSR count). The van der Waals surface area contributed by atoms with E-state index in [4.69, 9.17) is 0 Å². The van der Waals surface area contributed by atoms with Crippen LogP contribution in [0.15, 0.2) is 36.5 Å². The Labute approximate surface area is 74.7 Å². The minimum atomic E-state index is -1.24. The average Bonchev–Trinajstić information content (AvgIpc) is 2.17. The van der Waals surface area contributed by atoms with Crippen LogP contribution in [-0.4, -0.2) is 11.0 Å². The van der Waals surface area contributed by atoms with Crippen molar-refractivity contribution in [3.05, 3.63) is 42.2 Å². The molecule has 0 fully saturated rings. The third-order valence-corrected chi connectivity index (χ3v) is 1.87. The zero-order valence-corrected chi connectivity index (χ0v) is 6.73. The molecule has 0 saturated heterocycles. The highest BCUT2D eigenvalue weighted by Gasteiger charge is 2.10. The standard InChI is InChI=1S/C10H6NO2/c12-10(13)9-8-4-2-1-3-7(8)5-6-11-9/h1-6H. The summed E-state index contributed by atoms with van der Waals surface area (Å²) in [6.45, 7) is 0. The Bertz CT molecular complexity index is 460. The summed E-state index contributed by atoms with van der Waals surface area (Å²) in [5, 5.41) is 12.1. The van der Waals surface area contributed by atoms with E-state index in [1.165, 1.54) is 6.20 Å². The van der Waals surface area contributed by atoms with Gasteiger partial charge < -0.3 is 0 Å². The van der Waals surface area contributed by atoms with Crippen molar-refractivity contribution in [2.24, 2.45) is 0 Å². The van der Waals surface area contributed by atoms with Crippen LogP contribution in [0, 0.1) is 0 Å². The maximum absolute atomic E-state index is 10.6. The Morgan fingerprint density at radius 2 is 1.92 bits per heavy atom. The Kier molecular flexibility index (Phi) is 1.70. The number of carbonyl (C=O) groups excluding carboxylic acids is 1. The summed E-state index contributed by atoms with van der Waals surface area (Å²) in [5.74, 6) is -1.24. The predicted octanol–water partition coefficient (Wildman–Crippen LogP) is 1.81. The Hall–Kier alpha value is -1.90. The van der Waals surface area contributed by atoms with E-state index in [2.05, 4.69) is 4.98 Å². The van der Waals surface area contributed by atoms with Crippen LogP contribution in [0.3, 0.4) is 0 Å². The fourth-order valence-corrected chi connectivity index (χ4v) is 1.28. The van der Waals surface area contributed by atoms with Gasteiger partial charge in [-0.1, -0.05) is 24.3 Å². The van der Waals surface area contributed by atoms with Crippen molar-refractivity contribution in [2.75, 3.05) is 0 Å². The first-order valence-electron chi connectivity index (χ1n) is 3.84. The van der Waals surface area contributed by atoms with Crippen molar-refractivity contribution >= 4 is 16.7 Å². The first-order valence-corrected chi connectivity index (χ1v) is 3.84. The molecular formula is C10H6NO2. The quantitative estimate of drug-likeness (QED) is 0.658. The number of hydrogen-bond acceptors (Lipinski definition) is 2. The van der Waals surface area contributed by atoms with Crippen molar-refractivity contribution in [2.45, 2.75) is 0 Å². The minimum absolute atomic E-state index is 0.00176. The van der Waals surface area contributed by atoms with Gasteiger partial charge in [-0.2, -0.15) is 0 Å². The first-order chi connectivity index (χ1) is 6.29. The molecule has 13 heavy (non-hydrogen) atoms. The number of pyridine rings is 1. The molecular weight excluding hydrogens is 166 g/mol. The maximum Gasteiger partial charge on any atom is 0.405 e. The van der Waals surface area contributed by atoms with Crippen molar-refractivity contribution in [3.8, 4) is 0 Å². The van der Waals surface area contributed by atoms with Crippen LogP contribution in [0.2, 0.25) is 0 Å². The van der Waals surface area contributed by atoms with Gasteiger partial charge in [-0.25, -0.2) is 14.9 Å². The van der Waals surface area contributed by atoms with E-state index in [-0.39, 0.29) is 5.69 Å². The minimum Gasteiger partial charge on any atom is -0.248 e. The van der Waals surface area contributed by atoms with Gasteiger partial charge in [0.15, 0.2) is 5.69 Å². The summed E-state index contributed by atoms with van der Waals surface area (Å²) in [6, 6.07) is 8.94. The summed E-state index contributed by atoms with van der Waals surface area (Å²) in [5.41, 5.74) is -0.00176. The maximum atomic E-state index is 10.6. The molecule has 0 bridgehead atoms. The molecule has 0 saturated carbocycles. The Morgan fingerprint density at radius 1 is 1.15 bits per heavy atom. The molecule has 0 amide bonds. The molecule has 0 atom stereocenters. The van der Waals surface area contributed by atoms with Gasteiger partial charge in [0, 0.05) is 11.6 Å². The molecule has 0 N–H and O–H groups in total. The van der Waals surface area contributed by atoms with E-state index < -0.39 is 5.97 Å². The van der Waals surface area contributed by atoms with Gasteiger partial charge in [-0.15, -0.1) is 0 Å². The van der Waals surface area contributed by atoms with Gasteiger partial charge in [0.1, 0.15) is 0 Å². The zero-order valence-electron chi connectivity index (χ0n) is 6.73. The van der Waals surface area contributed by atoms with Crippen LogP contribution in [0.25, 0.3) is 10.8 Å². The number of rotatable bonds is 1. The third kappa shape index (κ3) is 1.24. The number of benzene rings is 1. The number of carbonyl (C=O) groups is 1. The van der Waals surface area contributed by atoms with Gasteiger partial charge in [0.25, 0.3) is 0 Å². The largest absolute Gasteiger partial charge is 0.405 e. The van der Waals surface area contributed by atoms with Gasteiger partial charge in [-0.05, 0) is 11.5 Å². The molecule has 1 heterocycles. The number of nitrogens with zero attached hydrogens (tertiary/aromatic N) is 1. The highest BCUT2D eigenvalue weighted by atomic mass is 16.4. The van der Waals surface area contributed by atoms with E-state index in [0.717, 1.165) is 5.39 Å². The molecule has 63 valence electrons. The molecule has 2 aromatic rings. The lowest BCUT2D eigenvalue weighted by atomic mass is 10.1. The molecule has 0 aliphatic heterocycles. The molecule has 0 aliphatic rings. The van der Waals surface area contributed by atoms with Crippen LogP contribution >= 0.6 is 0 Å². The highest BCUT2D eigenvalue weighted by molar-refractivity contribution is 6.01. The number of hydrogen-bond donors (Lipinski definition) is 0. The smallest absolute Gasteiger partial charge is 0.248 e. The summed E-state index contributed by atoms with van der Waals surface area (Å²) in [6.07, 6.45) is 1.47. The van der Waals surface area contributed by atoms with E-state index in [1.54, 1.807) is 18.2 Å². The molecule has 0 spiro atoms. The average molecular weight is 172 g/mol. The second-order valence-corrected chi connectivity index (χ2v) is 2.67. The lowest BCUT2D eigenvalue weighted by Gasteiger charge is -1.98. The van der Waals surface area contributed by atoms with E-state index in [9.17, 15) is 9.90 Å². The molecule has 0 aliphatic carbocycles. The van der Waals surface area contributed by atoms with E-state index in [1.807, 2.05) is 12.1 Å². The van der Waals surface area contributed by atoms with Crippen molar-refractivity contribution in [3.63, 3.8) is 0 Å². The first kappa shape index (κ1) is 7.73. The lowest BCUT2D eigenvalue weighted by Crippen LogP contribution is -1.98. The summed E-state index contributed by atoms with van der Waals surface area (Å²) >= 11 is 0. The van der Waals surface area contributed by atoms with Gasteiger partial charge >= 0.3 is 5.97 Å². The van der Waals surface area contributed by atoms with Crippen LogP contribution in [0.4, 0.5) is 0 Å². The van der Waals surface area contributed by atoms with Crippen molar-refractivity contribution < 1.29 is 9.90 Å². The summed E-state index contributed by atoms with van der Waals surface area (Å²) in [4.78, 5) is 14.4. The topological polar surface area (TPSA) is 49.9 Å². The molecule has 1 aromatic heterocycles. The molecule has 3 nitrogen and oxygen atoms in total. The van der Waals surface area contributed by atoms with Crippen LogP contribution in [0.1, 0.15) is 10.5 Å². The van der Waals surface area contributed by atoms with E-state index in [0.29, 0.717) is 5.39 Å². The van der Waals surface area contributed by atoms with Gasteiger partial charge in [0.05, 0.1) is 0 Å². The van der Waals surface area contributed by atoms with Gasteiger partial charge in [-0.3, -0.25) is 0 Å². The third-order valence-electron chi connectivity index (χ3n) is 1.87. The zero-order chi connectivity index (χ0) is 9.26. The molecule has 0 unspecified atom stereocenters. The molecule has 1 radical (unpaired) electrons. The monoisotopic (exact) mass is 172 g/mol. The fourth-order valence-electron chi connectivity index (χ4n) is 1.28. The summed E-state index contributed by atoms with van der Waals surface area (Å²) < 4.78 is 0. The Balaban J connectivity index is 2.83. The number of aromatic nitrogens is 1.